The number of halogens is 2. The Morgan fingerprint density at radius 3 is 2.72 bits per heavy atom. The number of nitrogens with zero attached hydrogens (tertiary/aromatic N) is 3. The highest BCUT2D eigenvalue weighted by molar-refractivity contribution is 9.10. The lowest BCUT2D eigenvalue weighted by atomic mass is 10.1. The molecule has 9 heteroatoms. The summed E-state index contributed by atoms with van der Waals surface area (Å²) in [5.41, 5.74) is 1.22. The van der Waals surface area contributed by atoms with Crippen LogP contribution in [0.15, 0.2) is 53.8 Å². The van der Waals surface area contributed by atoms with E-state index in [1.165, 1.54) is 18.5 Å². The van der Waals surface area contributed by atoms with Crippen LogP contribution in [0, 0.1) is 5.82 Å². The Hall–Kier alpha value is -3.20. The molecule has 1 aliphatic rings. The zero-order chi connectivity index (χ0) is 22.7. The van der Waals surface area contributed by atoms with Gasteiger partial charge in [-0.1, -0.05) is 6.58 Å². The van der Waals surface area contributed by atoms with Gasteiger partial charge in [0.2, 0.25) is 5.91 Å². The summed E-state index contributed by atoms with van der Waals surface area (Å²) in [4.78, 5) is 22.2. The fourth-order valence-electron chi connectivity index (χ4n) is 3.63. The van der Waals surface area contributed by atoms with Crippen LogP contribution in [0.25, 0.3) is 10.9 Å². The van der Waals surface area contributed by atoms with Gasteiger partial charge in [0.05, 0.1) is 17.1 Å². The number of anilines is 2. The average Bonchev–Trinajstić information content (AvgIpc) is 2.81. The van der Waals surface area contributed by atoms with Crippen molar-refractivity contribution in [3.8, 4) is 11.5 Å². The highest BCUT2D eigenvalue weighted by Gasteiger charge is 2.24. The summed E-state index contributed by atoms with van der Waals surface area (Å²) in [6, 6.07) is 8.38. The predicted molar refractivity (Wildman–Crippen MR) is 124 cm³/mol. The minimum Gasteiger partial charge on any atom is -0.493 e. The fraction of sp³-hybridized carbons (Fsp3) is 0.261. The van der Waals surface area contributed by atoms with E-state index in [0.717, 1.165) is 0 Å². The molecule has 0 unspecified atom stereocenters. The van der Waals surface area contributed by atoms with E-state index in [1.807, 2.05) is 6.07 Å². The number of carbonyl (C=O) groups is 1. The first-order valence-electron chi connectivity index (χ1n) is 10.1. The number of aromatic nitrogens is 2. The number of amides is 1. The van der Waals surface area contributed by atoms with E-state index in [2.05, 4.69) is 37.8 Å². The number of ether oxygens (including phenoxy) is 2. The van der Waals surface area contributed by atoms with Gasteiger partial charge in [-0.05, 0) is 46.3 Å². The molecule has 1 aromatic heterocycles. The highest BCUT2D eigenvalue weighted by Crippen LogP contribution is 2.36. The number of methoxy groups -OCH3 is 1. The van der Waals surface area contributed by atoms with Crippen LogP contribution >= 0.6 is 15.9 Å². The Balaban J connectivity index is 1.60. The summed E-state index contributed by atoms with van der Waals surface area (Å²) < 4.78 is 26.1. The quantitative estimate of drug-likeness (QED) is 0.488. The summed E-state index contributed by atoms with van der Waals surface area (Å²) in [7, 11) is 1.57. The molecule has 2 aromatic carbocycles. The average molecular weight is 501 g/mol. The molecule has 0 spiro atoms. The van der Waals surface area contributed by atoms with E-state index in [9.17, 15) is 9.18 Å². The summed E-state index contributed by atoms with van der Waals surface area (Å²) in [5, 5.41) is 3.86. The van der Waals surface area contributed by atoms with E-state index in [4.69, 9.17) is 9.47 Å². The smallest absolute Gasteiger partial charge is 0.245 e. The fourth-order valence-corrected chi connectivity index (χ4v) is 3.88. The van der Waals surface area contributed by atoms with E-state index in [-0.39, 0.29) is 17.8 Å². The van der Waals surface area contributed by atoms with Crippen LogP contribution in [-0.4, -0.2) is 47.1 Å². The maximum Gasteiger partial charge on any atom is 0.245 e. The second kappa shape index (κ2) is 9.52. The van der Waals surface area contributed by atoms with E-state index >= 15 is 0 Å². The molecule has 2 heterocycles. The highest BCUT2D eigenvalue weighted by atomic mass is 79.9. The lowest BCUT2D eigenvalue weighted by molar-refractivity contribution is -0.127. The first kappa shape index (κ1) is 22.0. The minimum atomic E-state index is -0.375. The van der Waals surface area contributed by atoms with Gasteiger partial charge in [0, 0.05) is 43.1 Å². The van der Waals surface area contributed by atoms with Gasteiger partial charge in [-0.3, -0.25) is 4.79 Å². The molecule has 0 saturated carbocycles. The van der Waals surface area contributed by atoms with Gasteiger partial charge in [0.1, 0.15) is 24.1 Å². The number of nitrogens with one attached hydrogen (secondary N) is 1. The van der Waals surface area contributed by atoms with Crippen molar-refractivity contribution in [2.75, 3.05) is 25.5 Å². The zero-order valence-corrected chi connectivity index (χ0v) is 19.1. The molecule has 1 saturated heterocycles. The Labute approximate surface area is 193 Å². The van der Waals surface area contributed by atoms with Crippen LogP contribution in [0.4, 0.5) is 15.9 Å². The maximum absolute atomic E-state index is 13.9. The molecular weight excluding hydrogens is 479 g/mol. The SMILES string of the molecule is C=CC(=O)N1CCC(Oc2cc3c(Nc4ccc(Br)c(F)c4)ncnc3cc2OC)CC1. The molecule has 0 aliphatic carbocycles. The molecule has 32 heavy (non-hydrogen) atoms. The van der Waals surface area contributed by atoms with Crippen molar-refractivity contribution in [1.29, 1.82) is 0 Å². The van der Waals surface area contributed by atoms with Gasteiger partial charge in [0.25, 0.3) is 0 Å². The second-order valence-electron chi connectivity index (χ2n) is 7.34. The lowest BCUT2D eigenvalue weighted by Gasteiger charge is -2.31. The number of piperidine rings is 1. The van der Waals surface area contributed by atoms with Gasteiger partial charge < -0.3 is 19.7 Å². The van der Waals surface area contributed by atoms with Crippen LogP contribution in [-0.2, 0) is 4.79 Å². The van der Waals surface area contributed by atoms with Crippen LogP contribution < -0.4 is 14.8 Å². The van der Waals surface area contributed by atoms with E-state index < -0.39 is 0 Å². The Morgan fingerprint density at radius 2 is 2.03 bits per heavy atom. The van der Waals surface area contributed by atoms with Gasteiger partial charge >= 0.3 is 0 Å². The third-order valence-corrected chi connectivity index (χ3v) is 5.97. The number of hydrogen-bond donors (Lipinski definition) is 1. The molecule has 0 atom stereocenters. The van der Waals surface area contributed by atoms with Crippen molar-refractivity contribution in [2.45, 2.75) is 18.9 Å². The first-order chi connectivity index (χ1) is 15.5. The first-order valence-corrected chi connectivity index (χ1v) is 10.9. The van der Waals surface area contributed by atoms with Crippen molar-refractivity contribution < 1.29 is 18.7 Å². The number of hydrogen-bond acceptors (Lipinski definition) is 6. The second-order valence-corrected chi connectivity index (χ2v) is 8.20. The van der Waals surface area contributed by atoms with Crippen molar-refractivity contribution >= 4 is 44.2 Å². The standard InChI is InChI=1S/C23H22BrFN4O3/c1-3-22(30)29-8-6-15(7-9-29)32-21-11-16-19(12-20(21)31-2)26-13-27-23(16)28-14-4-5-17(24)18(25)10-14/h3-5,10-13,15H,1,6-9H2,2H3,(H,26,27,28). The van der Waals surface area contributed by atoms with Crippen LogP contribution in [0.1, 0.15) is 12.8 Å². The minimum absolute atomic E-state index is 0.0585. The molecule has 1 N–H and O–H groups in total. The third-order valence-electron chi connectivity index (χ3n) is 5.32. The molecule has 1 aliphatic heterocycles. The van der Waals surface area contributed by atoms with Crippen molar-refractivity contribution in [3.05, 3.63) is 59.6 Å². The van der Waals surface area contributed by atoms with Crippen molar-refractivity contribution in [1.82, 2.24) is 14.9 Å². The Kier molecular flexibility index (Phi) is 6.55. The van der Waals surface area contributed by atoms with E-state index in [1.54, 1.807) is 30.2 Å². The number of benzene rings is 2. The molecule has 1 amide bonds. The Morgan fingerprint density at radius 1 is 1.25 bits per heavy atom. The van der Waals surface area contributed by atoms with Crippen LogP contribution in [0.5, 0.6) is 11.5 Å². The molecule has 7 nitrogen and oxygen atoms in total. The summed E-state index contributed by atoms with van der Waals surface area (Å²) in [6.45, 7) is 4.76. The topological polar surface area (TPSA) is 76.6 Å². The summed E-state index contributed by atoms with van der Waals surface area (Å²) in [6.07, 6.45) is 4.12. The molecular formula is C23H22BrFN4O3. The molecule has 0 bridgehead atoms. The molecule has 1 fully saturated rings. The number of likely N-dealkylation sites (tertiary alicyclic amines) is 1. The maximum atomic E-state index is 13.9. The Bertz CT molecular complexity index is 1170. The molecule has 3 aromatic rings. The predicted octanol–water partition coefficient (Wildman–Crippen LogP) is 4.84. The number of rotatable bonds is 6. The summed E-state index contributed by atoms with van der Waals surface area (Å²) in [5.74, 6) is 1.20. The summed E-state index contributed by atoms with van der Waals surface area (Å²) >= 11 is 3.16. The van der Waals surface area contributed by atoms with Crippen LogP contribution in [0.2, 0.25) is 0 Å². The molecule has 0 radical (unpaired) electrons. The third kappa shape index (κ3) is 4.67. The van der Waals surface area contributed by atoms with Gasteiger partial charge in [0.15, 0.2) is 11.5 Å². The molecule has 166 valence electrons. The van der Waals surface area contributed by atoms with Gasteiger partial charge in [-0.25, -0.2) is 14.4 Å². The largest absolute Gasteiger partial charge is 0.493 e. The lowest BCUT2D eigenvalue weighted by Crippen LogP contribution is -2.41. The number of carbonyl (C=O) groups excluding carboxylic acids is 1. The number of fused-ring (bicyclic) bond motifs is 1. The monoisotopic (exact) mass is 500 g/mol. The van der Waals surface area contributed by atoms with Crippen molar-refractivity contribution in [2.24, 2.45) is 0 Å². The normalized spacial score (nSPS) is 14.3. The molecule has 4 rings (SSSR count). The van der Waals surface area contributed by atoms with Crippen molar-refractivity contribution in [3.63, 3.8) is 0 Å². The van der Waals surface area contributed by atoms with Crippen LogP contribution in [0.3, 0.4) is 0 Å². The van der Waals surface area contributed by atoms with Gasteiger partial charge in [-0.2, -0.15) is 0 Å². The van der Waals surface area contributed by atoms with E-state index in [0.29, 0.717) is 64.3 Å². The zero-order valence-electron chi connectivity index (χ0n) is 17.5. The van der Waals surface area contributed by atoms with Gasteiger partial charge in [-0.15, -0.1) is 0 Å².